The van der Waals surface area contributed by atoms with Crippen LogP contribution in [0.4, 0.5) is 4.79 Å². The summed E-state index contributed by atoms with van der Waals surface area (Å²) in [5.74, 6) is -0.501. The molecule has 3 unspecified atom stereocenters. The molecule has 0 aliphatic heterocycles. The second kappa shape index (κ2) is 8.12. The van der Waals surface area contributed by atoms with Gasteiger partial charge in [0, 0.05) is 12.1 Å². The van der Waals surface area contributed by atoms with E-state index in [1.165, 1.54) is 17.7 Å². The van der Waals surface area contributed by atoms with E-state index in [0.717, 1.165) is 25.7 Å². The van der Waals surface area contributed by atoms with Gasteiger partial charge in [0.15, 0.2) is 0 Å². The molecule has 1 saturated carbocycles. The number of carbonyl (C=O) groups excluding carboxylic acids is 1. The molecule has 20 heavy (non-hydrogen) atoms. The molecule has 2 amide bonds. The summed E-state index contributed by atoms with van der Waals surface area (Å²) in [4.78, 5) is 24.7. The maximum atomic E-state index is 12.4. The number of rotatable bonds is 5. The van der Waals surface area contributed by atoms with Gasteiger partial charge >= 0.3 is 12.0 Å². The quantitative estimate of drug-likeness (QED) is 0.763. The van der Waals surface area contributed by atoms with Crippen molar-refractivity contribution in [3.8, 4) is 0 Å². The third kappa shape index (κ3) is 5.02. The number of carboxylic acids is 1. The first-order valence-corrected chi connectivity index (χ1v) is 7.74. The number of carbonyl (C=O) groups is 2. The Balaban J connectivity index is 2.66. The molecule has 0 aromatic rings. The molecular formula is C15H28N2O3. The van der Waals surface area contributed by atoms with Gasteiger partial charge in [0.1, 0.15) is 6.54 Å². The number of urea groups is 1. The maximum absolute atomic E-state index is 12.4. The van der Waals surface area contributed by atoms with Gasteiger partial charge in [-0.1, -0.05) is 33.1 Å². The van der Waals surface area contributed by atoms with Gasteiger partial charge in [0.2, 0.25) is 0 Å². The third-order valence-electron chi connectivity index (χ3n) is 4.36. The molecule has 5 heteroatoms. The standard InChI is InChI=1S/C15H28N2O3/c1-4-12(3)17(10-14(18)19)15(20)16-13-9-7-5-6-8-11(13)2/h11-13H,4-10H2,1-3H3,(H,16,20)(H,18,19). The van der Waals surface area contributed by atoms with Gasteiger partial charge < -0.3 is 15.3 Å². The van der Waals surface area contributed by atoms with E-state index < -0.39 is 5.97 Å². The Labute approximate surface area is 121 Å². The van der Waals surface area contributed by atoms with Crippen LogP contribution in [0.3, 0.4) is 0 Å². The zero-order valence-corrected chi connectivity index (χ0v) is 12.9. The van der Waals surface area contributed by atoms with E-state index >= 15 is 0 Å². The Morgan fingerprint density at radius 2 is 1.95 bits per heavy atom. The fourth-order valence-corrected chi connectivity index (χ4v) is 2.74. The lowest BCUT2D eigenvalue weighted by molar-refractivity contribution is -0.138. The zero-order chi connectivity index (χ0) is 15.1. The van der Waals surface area contributed by atoms with E-state index in [1.54, 1.807) is 0 Å². The summed E-state index contributed by atoms with van der Waals surface area (Å²) in [7, 11) is 0. The van der Waals surface area contributed by atoms with Crippen molar-refractivity contribution >= 4 is 12.0 Å². The van der Waals surface area contributed by atoms with Gasteiger partial charge in [0.05, 0.1) is 0 Å². The van der Waals surface area contributed by atoms with Crippen LogP contribution in [0.25, 0.3) is 0 Å². The van der Waals surface area contributed by atoms with E-state index in [-0.39, 0.29) is 24.7 Å². The van der Waals surface area contributed by atoms with E-state index in [1.807, 2.05) is 13.8 Å². The lowest BCUT2D eigenvalue weighted by Gasteiger charge is -2.31. The lowest BCUT2D eigenvalue weighted by Crippen LogP contribution is -2.51. The van der Waals surface area contributed by atoms with Gasteiger partial charge in [0.25, 0.3) is 0 Å². The van der Waals surface area contributed by atoms with Crippen LogP contribution in [0.1, 0.15) is 59.3 Å². The van der Waals surface area contributed by atoms with Crippen molar-refractivity contribution in [2.24, 2.45) is 5.92 Å². The van der Waals surface area contributed by atoms with Crippen molar-refractivity contribution in [1.29, 1.82) is 0 Å². The number of amides is 2. The summed E-state index contributed by atoms with van der Waals surface area (Å²) in [6.45, 7) is 5.78. The first-order valence-electron chi connectivity index (χ1n) is 7.74. The van der Waals surface area contributed by atoms with E-state index in [9.17, 15) is 9.59 Å². The third-order valence-corrected chi connectivity index (χ3v) is 4.36. The first kappa shape index (κ1) is 16.8. The number of hydrogen-bond donors (Lipinski definition) is 2. The van der Waals surface area contributed by atoms with Crippen LogP contribution in [0.2, 0.25) is 0 Å². The average Bonchev–Trinajstić information content (AvgIpc) is 2.60. The summed E-state index contributed by atoms with van der Waals surface area (Å²) in [5.41, 5.74) is 0. The van der Waals surface area contributed by atoms with Gasteiger partial charge in [-0.15, -0.1) is 0 Å². The van der Waals surface area contributed by atoms with Gasteiger partial charge in [-0.05, 0) is 32.1 Å². The molecule has 0 aromatic heterocycles. The minimum atomic E-state index is -0.964. The molecule has 1 aliphatic rings. The predicted octanol–water partition coefficient (Wildman–Crippen LogP) is 2.85. The molecule has 0 radical (unpaired) electrons. The Hall–Kier alpha value is -1.26. The zero-order valence-electron chi connectivity index (χ0n) is 12.9. The predicted molar refractivity (Wildman–Crippen MR) is 78.7 cm³/mol. The molecule has 1 fully saturated rings. The number of nitrogens with one attached hydrogen (secondary N) is 1. The maximum Gasteiger partial charge on any atom is 0.323 e. The summed E-state index contributed by atoms with van der Waals surface area (Å²) < 4.78 is 0. The van der Waals surface area contributed by atoms with Crippen molar-refractivity contribution in [1.82, 2.24) is 10.2 Å². The SMILES string of the molecule is CCC(C)N(CC(=O)O)C(=O)NC1CCCCCC1C. The van der Waals surface area contributed by atoms with Crippen LogP contribution >= 0.6 is 0 Å². The van der Waals surface area contributed by atoms with Crippen LogP contribution in [-0.4, -0.2) is 40.6 Å². The molecule has 0 saturated heterocycles. The van der Waals surface area contributed by atoms with Gasteiger partial charge in [-0.2, -0.15) is 0 Å². The molecule has 116 valence electrons. The number of nitrogens with zero attached hydrogens (tertiary/aromatic N) is 1. The molecule has 0 spiro atoms. The van der Waals surface area contributed by atoms with Crippen molar-refractivity contribution in [3.05, 3.63) is 0 Å². The van der Waals surface area contributed by atoms with Crippen molar-refractivity contribution in [2.45, 2.75) is 71.4 Å². The molecule has 0 bridgehead atoms. The summed E-state index contributed by atoms with van der Waals surface area (Å²) in [6, 6.07) is -0.127. The molecule has 2 N–H and O–H groups in total. The minimum absolute atomic E-state index is 0.0628. The fourth-order valence-electron chi connectivity index (χ4n) is 2.74. The Kier molecular flexibility index (Phi) is 6.82. The Bertz CT molecular complexity index is 333. The summed E-state index contributed by atoms with van der Waals surface area (Å²) >= 11 is 0. The molecule has 5 nitrogen and oxygen atoms in total. The molecule has 0 aromatic carbocycles. The highest BCUT2D eigenvalue weighted by molar-refractivity contribution is 5.80. The van der Waals surface area contributed by atoms with E-state index in [0.29, 0.717) is 5.92 Å². The monoisotopic (exact) mass is 284 g/mol. The molecule has 0 heterocycles. The second-order valence-electron chi connectivity index (χ2n) is 5.95. The normalized spacial score (nSPS) is 24.6. The molecule has 1 rings (SSSR count). The van der Waals surface area contributed by atoms with Gasteiger partial charge in [-0.3, -0.25) is 4.79 Å². The topological polar surface area (TPSA) is 69.6 Å². The Morgan fingerprint density at radius 3 is 2.55 bits per heavy atom. The highest BCUT2D eigenvalue weighted by Crippen LogP contribution is 2.23. The van der Waals surface area contributed by atoms with Crippen molar-refractivity contribution in [2.75, 3.05) is 6.54 Å². The number of aliphatic carboxylic acids is 1. The van der Waals surface area contributed by atoms with Crippen LogP contribution in [0, 0.1) is 5.92 Å². The highest BCUT2D eigenvalue weighted by Gasteiger charge is 2.26. The summed E-state index contributed by atoms with van der Waals surface area (Å²) in [6.07, 6.45) is 6.46. The number of hydrogen-bond acceptors (Lipinski definition) is 2. The molecular weight excluding hydrogens is 256 g/mol. The molecule has 3 atom stereocenters. The largest absolute Gasteiger partial charge is 0.480 e. The Morgan fingerprint density at radius 1 is 1.30 bits per heavy atom. The van der Waals surface area contributed by atoms with Crippen LogP contribution in [0.15, 0.2) is 0 Å². The lowest BCUT2D eigenvalue weighted by atomic mass is 9.97. The minimum Gasteiger partial charge on any atom is -0.480 e. The van der Waals surface area contributed by atoms with Crippen molar-refractivity contribution in [3.63, 3.8) is 0 Å². The fraction of sp³-hybridized carbons (Fsp3) is 0.867. The van der Waals surface area contributed by atoms with Crippen LogP contribution < -0.4 is 5.32 Å². The molecule has 1 aliphatic carbocycles. The average molecular weight is 284 g/mol. The summed E-state index contributed by atoms with van der Waals surface area (Å²) in [5, 5.41) is 12.0. The first-order chi connectivity index (χ1) is 9.45. The van der Waals surface area contributed by atoms with Gasteiger partial charge in [-0.25, -0.2) is 4.79 Å². The smallest absolute Gasteiger partial charge is 0.323 e. The van der Waals surface area contributed by atoms with Crippen LogP contribution in [-0.2, 0) is 4.79 Å². The van der Waals surface area contributed by atoms with E-state index in [2.05, 4.69) is 12.2 Å². The highest BCUT2D eigenvalue weighted by atomic mass is 16.4. The van der Waals surface area contributed by atoms with Crippen molar-refractivity contribution < 1.29 is 14.7 Å². The number of carboxylic acid groups (broad SMARTS) is 1. The van der Waals surface area contributed by atoms with Crippen LogP contribution in [0.5, 0.6) is 0 Å². The second-order valence-corrected chi connectivity index (χ2v) is 5.95. The van der Waals surface area contributed by atoms with E-state index in [4.69, 9.17) is 5.11 Å².